The van der Waals surface area contributed by atoms with Crippen LogP contribution in [0.15, 0.2) is 28.8 Å². The minimum absolute atomic E-state index is 0.145. The number of hydrogen-bond acceptors (Lipinski definition) is 5. The fourth-order valence-corrected chi connectivity index (χ4v) is 1.73. The lowest BCUT2D eigenvalue weighted by Gasteiger charge is -2.02. The van der Waals surface area contributed by atoms with Gasteiger partial charge in [-0.25, -0.2) is 9.18 Å². The van der Waals surface area contributed by atoms with Crippen molar-refractivity contribution in [3.8, 4) is 11.3 Å². The van der Waals surface area contributed by atoms with E-state index in [0.717, 1.165) is 0 Å². The first-order chi connectivity index (χ1) is 9.56. The number of rotatable bonds is 4. The predicted molar refractivity (Wildman–Crippen MR) is 68.5 cm³/mol. The van der Waals surface area contributed by atoms with Gasteiger partial charge in [0.2, 0.25) is 0 Å². The van der Waals surface area contributed by atoms with Gasteiger partial charge in [-0.1, -0.05) is 18.1 Å². The molecule has 1 aromatic heterocycles. The summed E-state index contributed by atoms with van der Waals surface area (Å²) in [6.45, 7) is 1.80. The van der Waals surface area contributed by atoms with Crippen LogP contribution in [0.3, 0.4) is 0 Å². The van der Waals surface area contributed by atoms with Crippen molar-refractivity contribution in [1.82, 2.24) is 5.16 Å². The third-order valence-electron chi connectivity index (χ3n) is 2.91. The third-order valence-corrected chi connectivity index (χ3v) is 2.91. The van der Waals surface area contributed by atoms with E-state index >= 15 is 0 Å². The van der Waals surface area contributed by atoms with Crippen molar-refractivity contribution in [3.05, 3.63) is 41.4 Å². The standard InChI is InChI=1S/C14H14FNO4/c1-3-12(17)13-7-11(16-20-13)8-4-5-9(10(15)6-8)14(18)19-2/h4-7,12,17H,3H2,1-2H3. The molecule has 106 valence electrons. The molecule has 1 N–H and O–H groups in total. The van der Waals surface area contributed by atoms with Crippen LogP contribution >= 0.6 is 0 Å². The van der Waals surface area contributed by atoms with Gasteiger partial charge in [0.05, 0.1) is 12.7 Å². The molecule has 1 aromatic carbocycles. The summed E-state index contributed by atoms with van der Waals surface area (Å²) in [5.41, 5.74) is 0.699. The average Bonchev–Trinajstić information content (AvgIpc) is 2.95. The minimum atomic E-state index is -0.740. The number of aromatic nitrogens is 1. The zero-order valence-corrected chi connectivity index (χ0v) is 11.1. The molecule has 1 atom stereocenters. The molecule has 6 heteroatoms. The number of nitrogens with zero attached hydrogens (tertiary/aromatic N) is 1. The Morgan fingerprint density at radius 3 is 2.85 bits per heavy atom. The zero-order chi connectivity index (χ0) is 14.7. The van der Waals surface area contributed by atoms with Crippen LogP contribution in [-0.2, 0) is 4.74 Å². The first-order valence-corrected chi connectivity index (χ1v) is 6.09. The molecule has 2 rings (SSSR count). The lowest BCUT2D eigenvalue weighted by atomic mass is 10.1. The Morgan fingerprint density at radius 2 is 2.25 bits per heavy atom. The number of benzene rings is 1. The van der Waals surface area contributed by atoms with Gasteiger partial charge in [-0.15, -0.1) is 0 Å². The van der Waals surface area contributed by atoms with E-state index in [2.05, 4.69) is 9.89 Å². The second-order valence-electron chi connectivity index (χ2n) is 4.22. The highest BCUT2D eigenvalue weighted by molar-refractivity contribution is 5.90. The summed E-state index contributed by atoms with van der Waals surface area (Å²) in [5.74, 6) is -1.12. The summed E-state index contributed by atoms with van der Waals surface area (Å²) >= 11 is 0. The van der Waals surface area contributed by atoms with Crippen molar-refractivity contribution in [2.24, 2.45) is 0 Å². The van der Waals surface area contributed by atoms with E-state index in [9.17, 15) is 14.3 Å². The Balaban J connectivity index is 2.32. The van der Waals surface area contributed by atoms with Gasteiger partial charge in [-0.2, -0.15) is 0 Å². The van der Waals surface area contributed by atoms with Gasteiger partial charge < -0.3 is 14.4 Å². The van der Waals surface area contributed by atoms with Crippen LogP contribution in [0.4, 0.5) is 4.39 Å². The van der Waals surface area contributed by atoms with E-state index in [-0.39, 0.29) is 5.56 Å². The van der Waals surface area contributed by atoms with Gasteiger partial charge in [0.25, 0.3) is 0 Å². The van der Waals surface area contributed by atoms with Crippen molar-refractivity contribution < 1.29 is 23.6 Å². The number of aliphatic hydroxyl groups excluding tert-OH is 1. The van der Waals surface area contributed by atoms with E-state index in [1.807, 2.05) is 0 Å². The van der Waals surface area contributed by atoms with Crippen LogP contribution in [0.5, 0.6) is 0 Å². The SMILES string of the molecule is CCC(O)c1cc(-c2ccc(C(=O)OC)c(F)c2)no1. The maximum atomic E-state index is 13.8. The molecule has 0 bridgehead atoms. The minimum Gasteiger partial charge on any atom is -0.465 e. The molecule has 0 amide bonds. The largest absolute Gasteiger partial charge is 0.465 e. The van der Waals surface area contributed by atoms with Gasteiger partial charge in [0, 0.05) is 11.6 Å². The van der Waals surface area contributed by atoms with Crippen LogP contribution < -0.4 is 0 Å². The van der Waals surface area contributed by atoms with Crippen LogP contribution in [0.1, 0.15) is 35.6 Å². The molecular weight excluding hydrogens is 265 g/mol. The first-order valence-electron chi connectivity index (χ1n) is 6.09. The second kappa shape index (κ2) is 5.83. The molecule has 0 saturated heterocycles. The molecule has 0 radical (unpaired) electrons. The van der Waals surface area contributed by atoms with Crippen LogP contribution in [-0.4, -0.2) is 23.3 Å². The van der Waals surface area contributed by atoms with E-state index in [0.29, 0.717) is 23.4 Å². The Morgan fingerprint density at radius 1 is 1.50 bits per heavy atom. The molecule has 0 spiro atoms. The van der Waals surface area contributed by atoms with E-state index in [1.54, 1.807) is 13.0 Å². The summed E-state index contributed by atoms with van der Waals surface area (Å²) in [4.78, 5) is 11.3. The first kappa shape index (κ1) is 14.2. The van der Waals surface area contributed by atoms with Crippen molar-refractivity contribution >= 4 is 5.97 Å². The van der Waals surface area contributed by atoms with Gasteiger partial charge >= 0.3 is 5.97 Å². The summed E-state index contributed by atoms with van der Waals surface area (Å²) < 4.78 is 23.3. The summed E-state index contributed by atoms with van der Waals surface area (Å²) in [5, 5.41) is 13.4. The molecule has 0 aliphatic carbocycles. The lowest BCUT2D eigenvalue weighted by Crippen LogP contribution is -2.04. The molecule has 0 aliphatic heterocycles. The van der Waals surface area contributed by atoms with Crippen LogP contribution in [0.2, 0.25) is 0 Å². The number of methoxy groups -OCH3 is 1. The van der Waals surface area contributed by atoms with Crippen molar-refractivity contribution in [1.29, 1.82) is 0 Å². The molecule has 1 unspecified atom stereocenters. The Labute approximate surface area is 115 Å². The molecule has 1 heterocycles. The summed E-state index contributed by atoms with van der Waals surface area (Å²) in [6, 6.07) is 5.57. The average molecular weight is 279 g/mol. The van der Waals surface area contributed by atoms with Gasteiger partial charge in [-0.3, -0.25) is 0 Å². The number of carbonyl (C=O) groups excluding carboxylic acids is 1. The number of halogens is 1. The van der Waals surface area contributed by atoms with Gasteiger partial charge in [0.15, 0.2) is 5.76 Å². The van der Waals surface area contributed by atoms with Crippen LogP contribution in [0, 0.1) is 5.82 Å². The van der Waals surface area contributed by atoms with Gasteiger partial charge in [-0.05, 0) is 18.6 Å². The number of ether oxygens (including phenoxy) is 1. The van der Waals surface area contributed by atoms with E-state index in [1.165, 1.54) is 25.3 Å². The molecule has 20 heavy (non-hydrogen) atoms. The highest BCUT2D eigenvalue weighted by Gasteiger charge is 2.16. The predicted octanol–water partition coefficient (Wildman–Crippen LogP) is 2.71. The Kier molecular flexibility index (Phi) is 4.14. The van der Waals surface area contributed by atoms with E-state index in [4.69, 9.17) is 4.52 Å². The van der Waals surface area contributed by atoms with Crippen molar-refractivity contribution in [2.45, 2.75) is 19.4 Å². The topological polar surface area (TPSA) is 72.6 Å². The van der Waals surface area contributed by atoms with E-state index < -0.39 is 17.9 Å². The molecule has 2 aromatic rings. The van der Waals surface area contributed by atoms with Gasteiger partial charge in [0.1, 0.15) is 17.6 Å². The monoisotopic (exact) mass is 279 g/mol. The lowest BCUT2D eigenvalue weighted by molar-refractivity contribution is 0.0595. The smallest absolute Gasteiger partial charge is 0.340 e. The van der Waals surface area contributed by atoms with Crippen molar-refractivity contribution in [3.63, 3.8) is 0 Å². The summed E-state index contributed by atoms with van der Waals surface area (Å²) in [7, 11) is 1.19. The normalized spacial score (nSPS) is 12.2. The maximum absolute atomic E-state index is 13.8. The quantitative estimate of drug-likeness (QED) is 0.871. The third kappa shape index (κ3) is 2.70. The molecule has 5 nitrogen and oxygen atoms in total. The number of aliphatic hydroxyl groups is 1. The highest BCUT2D eigenvalue weighted by atomic mass is 19.1. The maximum Gasteiger partial charge on any atom is 0.340 e. The molecule has 0 fully saturated rings. The Hall–Kier alpha value is -2.21. The fourth-order valence-electron chi connectivity index (χ4n) is 1.73. The summed E-state index contributed by atoms with van der Waals surface area (Å²) in [6.07, 6.45) is -0.250. The van der Waals surface area contributed by atoms with Crippen molar-refractivity contribution in [2.75, 3.05) is 7.11 Å². The molecular formula is C14H14FNO4. The number of carbonyl (C=O) groups is 1. The fraction of sp³-hybridized carbons (Fsp3) is 0.286. The zero-order valence-electron chi connectivity index (χ0n) is 11.1. The molecule has 0 saturated carbocycles. The highest BCUT2D eigenvalue weighted by Crippen LogP contribution is 2.25. The number of esters is 1. The Bertz CT molecular complexity index is 623. The molecule has 0 aliphatic rings. The van der Waals surface area contributed by atoms with Crippen LogP contribution in [0.25, 0.3) is 11.3 Å². The second-order valence-corrected chi connectivity index (χ2v) is 4.22. The number of hydrogen-bond donors (Lipinski definition) is 1.